The van der Waals surface area contributed by atoms with Crippen LogP contribution in [0, 0.1) is 0 Å². The molecule has 0 unspecified atom stereocenters. The van der Waals surface area contributed by atoms with Crippen LogP contribution < -0.4 is 10.2 Å². The first-order valence-electron chi connectivity index (χ1n) is 6.05. The van der Waals surface area contributed by atoms with E-state index in [1.165, 1.54) is 10.4 Å². The molecule has 0 saturated heterocycles. The lowest BCUT2D eigenvalue weighted by Gasteiger charge is -2.15. The van der Waals surface area contributed by atoms with E-state index in [-0.39, 0.29) is 0 Å². The molecule has 0 spiro atoms. The van der Waals surface area contributed by atoms with Gasteiger partial charge in [0.05, 0.1) is 0 Å². The van der Waals surface area contributed by atoms with Gasteiger partial charge >= 0.3 is 0 Å². The molecule has 2 heterocycles. The highest BCUT2D eigenvalue weighted by Crippen LogP contribution is 2.22. The van der Waals surface area contributed by atoms with Crippen molar-refractivity contribution in [2.24, 2.45) is 0 Å². The second-order valence-corrected chi connectivity index (χ2v) is 5.20. The molecule has 0 aliphatic carbocycles. The molecule has 96 valence electrons. The number of nitrogens with one attached hydrogen (secondary N) is 1. The first-order chi connectivity index (χ1) is 8.79. The summed E-state index contributed by atoms with van der Waals surface area (Å²) in [5.74, 6) is 0. The molecule has 0 aliphatic rings. The highest BCUT2D eigenvalue weighted by molar-refractivity contribution is 7.15. The molecule has 2 aromatic heterocycles. The van der Waals surface area contributed by atoms with E-state index in [0.717, 1.165) is 24.8 Å². The Kier molecular flexibility index (Phi) is 4.66. The molecule has 4 nitrogen and oxygen atoms in total. The van der Waals surface area contributed by atoms with Gasteiger partial charge in [-0.25, -0.2) is 4.98 Å². The predicted molar refractivity (Wildman–Crippen MR) is 75.8 cm³/mol. The molecule has 2 rings (SSSR count). The molecule has 2 aromatic rings. The van der Waals surface area contributed by atoms with Crippen LogP contribution in [0.4, 0.5) is 5.13 Å². The molecular weight excluding hydrogens is 244 g/mol. The molecule has 0 bridgehead atoms. The Morgan fingerprint density at radius 1 is 1.39 bits per heavy atom. The Balaban J connectivity index is 1.96. The molecule has 0 atom stereocenters. The number of hydrogen-bond acceptors (Lipinski definition) is 5. The van der Waals surface area contributed by atoms with E-state index >= 15 is 0 Å². The maximum absolute atomic E-state index is 4.45. The van der Waals surface area contributed by atoms with Crippen molar-refractivity contribution in [1.29, 1.82) is 0 Å². The molecular formula is C13H18N4S. The van der Waals surface area contributed by atoms with E-state index in [1.807, 2.05) is 18.5 Å². The Morgan fingerprint density at radius 2 is 2.28 bits per heavy atom. The van der Waals surface area contributed by atoms with Gasteiger partial charge in [0.1, 0.15) is 0 Å². The average Bonchev–Trinajstić information content (AvgIpc) is 2.86. The summed E-state index contributed by atoms with van der Waals surface area (Å²) in [6, 6.07) is 4.04. The molecule has 0 radical (unpaired) electrons. The summed E-state index contributed by atoms with van der Waals surface area (Å²) in [5, 5.41) is 4.36. The topological polar surface area (TPSA) is 41.1 Å². The van der Waals surface area contributed by atoms with E-state index in [1.54, 1.807) is 17.5 Å². The SMILES string of the molecule is CCNCc1cnc(N(C)Cc2cccnc2)s1. The fraction of sp³-hybridized carbons (Fsp3) is 0.385. The van der Waals surface area contributed by atoms with Gasteiger partial charge in [-0.15, -0.1) is 11.3 Å². The first kappa shape index (κ1) is 13.0. The predicted octanol–water partition coefficient (Wildman–Crippen LogP) is 2.28. The smallest absolute Gasteiger partial charge is 0.185 e. The number of hydrogen-bond donors (Lipinski definition) is 1. The zero-order chi connectivity index (χ0) is 12.8. The fourth-order valence-electron chi connectivity index (χ4n) is 1.64. The lowest BCUT2D eigenvalue weighted by Crippen LogP contribution is -2.16. The third-order valence-electron chi connectivity index (χ3n) is 2.56. The van der Waals surface area contributed by atoms with Crippen molar-refractivity contribution in [2.75, 3.05) is 18.5 Å². The Bertz CT molecular complexity index is 469. The minimum absolute atomic E-state index is 0.835. The Hall–Kier alpha value is -1.46. The third kappa shape index (κ3) is 3.51. The molecule has 18 heavy (non-hydrogen) atoms. The molecule has 0 saturated carbocycles. The zero-order valence-corrected chi connectivity index (χ0v) is 11.6. The van der Waals surface area contributed by atoms with Gasteiger partial charge in [-0.05, 0) is 18.2 Å². The minimum Gasteiger partial charge on any atom is -0.347 e. The maximum Gasteiger partial charge on any atom is 0.185 e. The zero-order valence-electron chi connectivity index (χ0n) is 10.8. The third-order valence-corrected chi connectivity index (χ3v) is 3.67. The summed E-state index contributed by atoms with van der Waals surface area (Å²) >= 11 is 1.73. The van der Waals surface area contributed by atoms with Crippen LogP contribution in [-0.2, 0) is 13.1 Å². The number of rotatable bonds is 6. The Labute approximate surface area is 112 Å². The van der Waals surface area contributed by atoms with E-state index < -0.39 is 0 Å². The minimum atomic E-state index is 0.835. The second-order valence-electron chi connectivity index (χ2n) is 4.11. The Morgan fingerprint density at radius 3 is 3.00 bits per heavy atom. The van der Waals surface area contributed by atoms with Crippen molar-refractivity contribution in [2.45, 2.75) is 20.0 Å². The van der Waals surface area contributed by atoms with Gasteiger partial charge in [0.2, 0.25) is 0 Å². The first-order valence-corrected chi connectivity index (χ1v) is 6.86. The van der Waals surface area contributed by atoms with Crippen LogP contribution in [0.3, 0.4) is 0 Å². The van der Waals surface area contributed by atoms with Crippen LogP contribution in [0.1, 0.15) is 17.4 Å². The monoisotopic (exact) mass is 262 g/mol. The number of aromatic nitrogens is 2. The second kappa shape index (κ2) is 6.47. The van der Waals surface area contributed by atoms with Gasteiger partial charge in [-0.1, -0.05) is 13.0 Å². The van der Waals surface area contributed by atoms with Gasteiger partial charge in [0.25, 0.3) is 0 Å². The van der Waals surface area contributed by atoms with Crippen LogP contribution in [0.15, 0.2) is 30.7 Å². The van der Waals surface area contributed by atoms with Crippen molar-refractivity contribution in [3.05, 3.63) is 41.2 Å². The molecule has 0 amide bonds. The quantitative estimate of drug-likeness (QED) is 0.867. The lowest BCUT2D eigenvalue weighted by molar-refractivity contribution is 0.734. The van der Waals surface area contributed by atoms with Crippen LogP contribution in [0.25, 0.3) is 0 Å². The van der Waals surface area contributed by atoms with E-state index in [2.05, 4.69) is 40.2 Å². The molecule has 5 heteroatoms. The summed E-state index contributed by atoms with van der Waals surface area (Å²) < 4.78 is 0. The van der Waals surface area contributed by atoms with Crippen molar-refractivity contribution < 1.29 is 0 Å². The molecule has 1 N–H and O–H groups in total. The summed E-state index contributed by atoms with van der Waals surface area (Å²) in [6.07, 6.45) is 5.63. The molecule has 0 fully saturated rings. The highest BCUT2D eigenvalue weighted by atomic mass is 32.1. The largest absolute Gasteiger partial charge is 0.347 e. The lowest BCUT2D eigenvalue weighted by atomic mass is 10.3. The molecule has 0 aliphatic heterocycles. The number of thiazole rings is 1. The fourth-order valence-corrected chi connectivity index (χ4v) is 2.48. The average molecular weight is 262 g/mol. The van der Waals surface area contributed by atoms with Crippen molar-refractivity contribution in [3.8, 4) is 0 Å². The van der Waals surface area contributed by atoms with E-state index in [4.69, 9.17) is 0 Å². The van der Waals surface area contributed by atoms with Gasteiger partial charge in [0.15, 0.2) is 5.13 Å². The summed E-state index contributed by atoms with van der Waals surface area (Å²) in [6.45, 7) is 4.83. The van der Waals surface area contributed by atoms with Gasteiger partial charge < -0.3 is 10.2 Å². The maximum atomic E-state index is 4.45. The number of nitrogens with zero attached hydrogens (tertiary/aromatic N) is 3. The molecule has 0 aromatic carbocycles. The normalized spacial score (nSPS) is 10.6. The number of anilines is 1. The van der Waals surface area contributed by atoms with E-state index in [0.29, 0.717) is 0 Å². The van der Waals surface area contributed by atoms with Crippen molar-refractivity contribution >= 4 is 16.5 Å². The van der Waals surface area contributed by atoms with Gasteiger partial charge in [-0.2, -0.15) is 0 Å². The van der Waals surface area contributed by atoms with E-state index in [9.17, 15) is 0 Å². The van der Waals surface area contributed by atoms with Crippen LogP contribution in [0.5, 0.6) is 0 Å². The van der Waals surface area contributed by atoms with Gasteiger partial charge in [0, 0.05) is 43.6 Å². The van der Waals surface area contributed by atoms with Crippen LogP contribution in [0.2, 0.25) is 0 Å². The standard InChI is InChI=1S/C13H18N4S/c1-3-14-8-12-9-16-13(18-12)17(2)10-11-5-4-6-15-7-11/h4-7,9,14H,3,8,10H2,1-2H3. The highest BCUT2D eigenvalue weighted by Gasteiger charge is 2.07. The summed E-state index contributed by atoms with van der Waals surface area (Å²) in [7, 11) is 2.06. The van der Waals surface area contributed by atoms with Crippen LogP contribution >= 0.6 is 11.3 Å². The summed E-state index contributed by atoms with van der Waals surface area (Å²) in [5.41, 5.74) is 1.20. The van der Waals surface area contributed by atoms with Crippen LogP contribution in [-0.4, -0.2) is 23.6 Å². The summed E-state index contributed by atoms with van der Waals surface area (Å²) in [4.78, 5) is 12.0. The van der Waals surface area contributed by atoms with Gasteiger partial charge in [-0.3, -0.25) is 4.98 Å². The number of pyridine rings is 1. The van der Waals surface area contributed by atoms with Crippen molar-refractivity contribution in [3.63, 3.8) is 0 Å². The van der Waals surface area contributed by atoms with Crippen molar-refractivity contribution in [1.82, 2.24) is 15.3 Å².